The number of rotatable bonds is 5. The van der Waals surface area contributed by atoms with Crippen LogP contribution in [0.1, 0.15) is 37.8 Å². The van der Waals surface area contributed by atoms with E-state index in [4.69, 9.17) is 0 Å². The zero-order valence-corrected chi connectivity index (χ0v) is 13.2. The van der Waals surface area contributed by atoms with Crippen molar-refractivity contribution in [1.29, 1.82) is 0 Å². The van der Waals surface area contributed by atoms with Crippen molar-refractivity contribution in [3.63, 3.8) is 0 Å². The number of hydrogen-bond donors (Lipinski definition) is 0. The molecule has 2 aromatic rings. The molecule has 0 bridgehead atoms. The van der Waals surface area contributed by atoms with E-state index in [2.05, 4.69) is 67.3 Å². The number of fused-ring (bicyclic) bond motifs is 1. The Balaban J connectivity index is 1.91. The fraction of sp³-hybridized carbons (Fsp3) is 0.400. The quantitative estimate of drug-likeness (QED) is 0.712. The second-order valence-corrected chi connectivity index (χ2v) is 6.48. The Kier molecular flexibility index (Phi) is 4.28. The van der Waals surface area contributed by atoms with Gasteiger partial charge in [0, 0.05) is 17.9 Å². The largest absolute Gasteiger partial charge is 0.341 e. The summed E-state index contributed by atoms with van der Waals surface area (Å²) >= 11 is 0. The topological polar surface area (TPSA) is 3.24 Å². The molecule has 0 spiro atoms. The summed E-state index contributed by atoms with van der Waals surface area (Å²) in [6.45, 7) is 5.68. The molecule has 1 aliphatic rings. The van der Waals surface area contributed by atoms with Crippen LogP contribution in [0.4, 0.5) is 11.4 Å². The van der Waals surface area contributed by atoms with Crippen LogP contribution in [0.15, 0.2) is 48.5 Å². The number of benzene rings is 2. The number of para-hydroxylation sites is 1. The van der Waals surface area contributed by atoms with Gasteiger partial charge in [0.15, 0.2) is 0 Å². The fourth-order valence-corrected chi connectivity index (χ4v) is 3.13. The average molecular weight is 279 g/mol. The maximum Gasteiger partial charge on any atom is 0.0413 e. The van der Waals surface area contributed by atoms with Gasteiger partial charge in [0.1, 0.15) is 0 Å². The van der Waals surface area contributed by atoms with Crippen LogP contribution in [-0.2, 0) is 12.8 Å². The maximum absolute atomic E-state index is 2.47. The minimum atomic E-state index is 0.727. The van der Waals surface area contributed by atoms with Crippen LogP contribution in [0.3, 0.4) is 0 Å². The predicted octanol–water partition coefficient (Wildman–Crippen LogP) is 5.36. The van der Waals surface area contributed by atoms with Crippen LogP contribution in [0.25, 0.3) is 0 Å². The highest BCUT2D eigenvalue weighted by molar-refractivity contribution is 5.64. The van der Waals surface area contributed by atoms with Gasteiger partial charge in [-0.2, -0.15) is 0 Å². The minimum absolute atomic E-state index is 0.727. The standard InChI is InChI=1S/C20H25N/c1-16(2)13-14-21(19-9-4-3-5-10-19)20-12-11-17-7-6-8-18(17)15-20/h3-5,9-12,15-16H,6-8,13-14H2,1-2H3. The molecule has 1 nitrogen and oxygen atoms in total. The summed E-state index contributed by atoms with van der Waals surface area (Å²) in [5, 5.41) is 0. The van der Waals surface area contributed by atoms with Crippen molar-refractivity contribution in [3.8, 4) is 0 Å². The molecule has 0 amide bonds. The van der Waals surface area contributed by atoms with Gasteiger partial charge in [-0.1, -0.05) is 38.1 Å². The van der Waals surface area contributed by atoms with Gasteiger partial charge in [-0.15, -0.1) is 0 Å². The molecule has 0 N–H and O–H groups in total. The Morgan fingerprint density at radius 2 is 1.67 bits per heavy atom. The van der Waals surface area contributed by atoms with Gasteiger partial charge in [0.05, 0.1) is 0 Å². The van der Waals surface area contributed by atoms with Gasteiger partial charge in [-0.3, -0.25) is 0 Å². The van der Waals surface area contributed by atoms with Crippen molar-refractivity contribution < 1.29 is 0 Å². The zero-order chi connectivity index (χ0) is 14.7. The molecule has 0 aromatic heterocycles. The van der Waals surface area contributed by atoms with Crippen molar-refractivity contribution >= 4 is 11.4 Å². The van der Waals surface area contributed by atoms with Crippen molar-refractivity contribution in [2.75, 3.05) is 11.4 Å². The Labute approximate surface area is 128 Å². The third kappa shape index (κ3) is 3.29. The Bertz CT molecular complexity index is 586. The highest BCUT2D eigenvalue weighted by Crippen LogP contribution is 2.31. The molecule has 0 saturated heterocycles. The molecule has 21 heavy (non-hydrogen) atoms. The summed E-state index contributed by atoms with van der Waals surface area (Å²) < 4.78 is 0. The fourth-order valence-electron chi connectivity index (χ4n) is 3.13. The minimum Gasteiger partial charge on any atom is -0.341 e. The van der Waals surface area contributed by atoms with Gasteiger partial charge in [0.25, 0.3) is 0 Å². The SMILES string of the molecule is CC(C)CCN(c1ccccc1)c1ccc2c(c1)CCC2. The molecule has 3 rings (SSSR count). The molecule has 0 fully saturated rings. The van der Waals surface area contributed by atoms with E-state index in [1.54, 1.807) is 11.1 Å². The Morgan fingerprint density at radius 1 is 0.905 bits per heavy atom. The molecule has 0 unspecified atom stereocenters. The molecule has 0 atom stereocenters. The summed E-state index contributed by atoms with van der Waals surface area (Å²) in [5.74, 6) is 0.727. The molecular weight excluding hydrogens is 254 g/mol. The van der Waals surface area contributed by atoms with Crippen LogP contribution in [-0.4, -0.2) is 6.54 Å². The first kappa shape index (κ1) is 14.2. The van der Waals surface area contributed by atoms with Crippen LogP contribution < -0.4 is 4.90 Å². The van der Waals surface area contributed by atoms with Crippen LogP contribution in [0.2, 0.25) is 0 Å². The van der Waals surface area contributed by atoms with E-state index in [0.29, 0.717) is 0 Å². The summed E-state index contributed by atoms with van der Waals surface area (Å²) in [6, 6.07) is 17.8. The number of anilines is 2. The molecule has 0 radical (unpaired) electrons. The molecular formula is C20H25N. The summed E-state index contributed by atoms with van der Waals surface area (Å²) in [6.07, 6.45) is 5.03. The monoisotopic (exact) mass is 279 g/mol. The third-order valence-electron chi connectivity index (χ3n) is 4.39. The first-order chi connectivity index (χ1) is 10.2. The summed E-state index contributed by atoms with van der Waals surface area (Å²) in [4.78, 5) is 2.47. The van der Waals surface area contributed by atoms with E-state index < -0.39 is 0 Å². The van der Waals surface area contributed by atoms with Gasteiger partial charge >= 0.3 is 0 Å². The summed E-state index contributed by atoms with van der Waals surface area (Å²) in [5.41, 5.74) is 5.76. The first-order valence-electron chi connectivity index (χ1n) is 8.18. The smallest absolute Gasteiger partial charge is 0.0413 e. The van der Waals surface area contributed by atoms with E-state index >= 15 is 0 Å². The molecule has 1 heteroatoms. The van der Waals surface area contributed by atoms with E-state index in [9.17, 15) is 0 Å². The van der Waals surface area contributed by atoms with E-state index in [0.717, 1.165) is 12.5 Å². The van der Waals surface area contributed by atoms with E-state index in [1.807, 2.05) is 0 Å². The van der Waals surface area contributed by atoms with Gasteiger partial charge in [-0.25, -0.2) is 0 Å². The molecule has 0 heterocycles. The Hall–Kier alpha value is -1.76. The second kappa shape index (κ2) is 6.34. The second-order valence-electron chi connectivity index (χ2n) is 6.48. The zero-order valence-electron chi connectivity index (χ0n) is 13.2. The van der Waals surface area contributed by atoms with Crippen LogP contribution in [0, 0.1) is 5.92 Å². The number of hydrogen-bond acceptors (Lipinski definition) is 1. The highest BCUT2D eigenvalue weighted by atomic mass is 15.1. The first-order valence-corrected chi connectivity index (χ1v) is 8.18. The van der Waals surface area contributed by atoms with Crippen LogP contribution >= 0.6 is 0 Å². The van der Waals surface area contributed by atoms with E-state index in [-0.39, 0.29) is 0 Å². The van der Waals surface area contributed by atoms with Gasteiger partial charge < -0.3 is 4.90 Å². The van der Waals surface area contributed by atoms with Gasteiger partial charge in [-0.05, 0) is 67.0 Å². The molecule has 0 aliphatic heterocycles. The molecule has 0 saturated carbocycles. The third-order valence-corrected chi connectivity index (χ3v) is 4.39. The predicted molar refractivity (Wildman–Crippen MR) is 91.4 cm³/mol. The molecule has 110 valence electrons. The van der Waals surface area contributed by atoms with Crippen molar-refractivity contribution in [2.45, 2.75) is 39.5 Å². The molecule has 1 aliphatic carbocycles. The highest BCUT2D eigenvalue weighted by Gasteiger charge is 2.15. The number of nitrogens with zero attached hydrogens (tertiary/aromatic N) is 1. The lowest BCUT2D eigenvalue weighted by molar-refractivity contribution is 0.591. The lowest BCUT2D eigenvalue weighted by Crippen LogP contribution is -2.20. The van der Waals surface area contributed by atoms with Crippen molar-refractivity contribution in [2.24, 2.45) is 5.92 Å². The Morgan fingerprint density at radius 3 is 2.43 bits per heavy atom. The maximum atomic E-state index is 2.47. The van der Waals surface area contributed by atoms with Crippen molar-refractivity contribution in [1.82, 2.24) is 0 Å². The average Bonchev–Trinajstić information content (AvgIpc) is 2.96. The van der Waals surface area contributed by atoms with Gasteiger partial charge in [0.2, 0.25) is 0 Å². The normalized spacial score (nSPS) is 13.5. The number of aryl methyl sites for hydroxylation is 2. The lowest BCUT2D eigenvalue weighted by Gasteiger charge is -2.26. The lowest BCUT2D eigenvalue weighted by atomic mass is 10.1. The van der Waals surface area contributed by atoms with Crippen molar-refractivity contribution in [3.05, 3.63) is 59.7 Å². The molecule has 2 aromatic carbocycles. The summed E-state index contributed by atoms with van der Waals surface area (Å²) in [7, 11) is 0. The van der Waals surface area contributed by atoms with E-state index in [1.165, 1.54) is 37.1 Å². The van der Waals surface area contributed by atoms with Crippen LogP contribution in [0.5, 0.6) is 0 Å².